The second-order valence-corrected chi connectivity index (χ2v) is 7.55. The molecule has 1 heterocycles. The van der Waals surface area contributed by atoms with Gasteiger partial charge in [-0.25, -0.2) is 4.79 Å². The first-order valence-corrected chi connectivity index (χ1v) is 10.1. The molecule has 12 heteroatoms. The number of nitrogens with zero attached hydrogens (tertiary/aromatic N) is 1. The highest BCUT2D eigenvalue weighted by Crippen LogP contribution is 2.40. The summed E-state index contributed by atoms with van der Waals surface area (Å²) in [6, 6.07) is 11.3. The predicted octanol–water partition coefficient (Wildman–Crippen LogP) is 4.83. The molecule has 33 heavy (non-hydrogen) atoms. The Kier molecular flexibility index (Phi) is 7.38. The van der Waals surface area contributed by atoms with E-state index >= 15 is 0 Å². The minimum Gasteiger partial charge on any atom is -0.467 e. The van der Waals surface area contributed by atoms with Crippen LogP contribution in [-0.4, -0.2) is 23.4 Å². The maximum absolute atomic E-state index is 12.9. The second-order valence-electron chi connectivity index (χ2n) is 6.47. The number of amides is 1. The molecule has 1 N–H and O–H groups in total. The van der Waals surface area contributed by atoms with Crippen LogP contribution in [0.25, 0.3) is 0 Å². The molecule has 0 bridgehead atoms. The molecule has 0 radical (unpaired) electrons. The highest BCUT2D eigenvalue weighted by atomic mass is 32.2. The van der Waals surface area contributed by atoms with Crippen LogP contribution in [-0.2, 0) is 22.3 Å². The quantitative estimate of drug-likeness (QED) is 0.279. The highest BCUT2D eigenvalue weighted by molar-refractivity contribution is 7.99. The lowest BCUT2D eigenvalue weighted by atomic mass is 10.2. The van der Waals surface area contributed by atoms with Crippen LogP contribution in [0.4, 0.5) is 18.9 Å². The molecule has 0 saturated heterocycles. The molecular formula is C21H15F3N2O6S. The first-order chi connectivity index (χ1) is 15.6. The molecule has 8 nitrogen and oxygen atoms in total. The van der Waals surface area contributed by atoms with E-state index in [9.17, 15) is 32.9 Å². The van der Waals surface area contributed by atoms with E-state index < -0.39 is 40.8 Å². The maximum atomic E-state index is 12.9. The van der Waals surface area contributed by atoms with Gasteiger partial charge in [0.05, 0.1) is 33.8 Å². The Balaban J connectivity index is 1.72. The van der Waals surface area contributed by atoms with Gasteiger partial charge in [-0.15, -0.1) is 0 Å². The zero-order valence-electron chi connectivity index (χ0n) is 16.6. The first kappa shape index (κ1) is 23.9. The van der Waals surface area contributed by atoms with Gasteiger partial charge in [0.25, 0.3) is 11.6 Å². The van der Waals surface area contributed by atoms with Gasteiger partial charge in [0.15, 0.2) is 6.61 Å². The Morgan fingerprint density at radius 3 is 2.52 bits per heavy atom. The number of halogens is 3. The average molecular weight is 480 g/mol. The van der Waals surface area contributed by atoms with Crippen LogP contribution in [0.5, 0.6) is 0 Å². The van der Waals surface area contributed by atoms with Crippen molar-refractivity contribution in [3.05, 3.63) is 87.9 Å². The fraction of sp³-hybridized carbons (Fsp3) is 0.143. The van der Waals surface area contributed by atoms with E-state index in [1.165, 1.54) is 24.5 Å². The van der Waals surface area contributed by atoms with Gasteiger partial charge in [-0.2, -0.15) is 13.2 Å². The van der Waals surface area contributed by atoms with Gasteiger partial charge in [-0.1, -0.05) is 23.9 Å². The molecule has 0 fully saturated rings. The van der Waals surface area contributed by atoms with Crippen molar-refractivity contribution in [2.75, 3.05) is 6.61 Å². The van der Waals surface area contributed by atoms with Gasteiger partial charge >= 0.3 is 12.1 Å². The summed E-state index contributed by atoms with van der Waals surface area (Å²) in [5, 5.41) is 13.8. The van der Waals surface area contributed by atoms with E-state index in [4.69, 9.17) is 9.15 Å². The highest BCUT2D eigenvalue weighted by Gasteiger charge is 2.33. The molecule has 0 unspecified atom stereocenters. The van der Waals surface area contributed by atoms with Gasteiger partial charge < -0.3 is 14.5 Å². The standard InChI is InChI=1S/C21H15F3N2O6S/c22-21(23,24)13-7-8-18(16(10-13)26(29)30)33-17-6-2-1-5-15(17)20(28)32-12-19(27)25-11-14-4-3-9-31-14/h1-10H,11-12H2,(H,25,27). The van der Waals surface area contributed by atoms with Crippen molar-refractivity contribution < 1.29 is 36.8 Å². The molecule has 0 aliphatic rings. The molecule has 0 saturated carbocycles. The van der Waals surface area contributed by atoms with Gasteiger partial charge in [0, 0.05) is 11.0 Å². The van der Waals surface area contributed by atoms with Gasteiger partial charge in [0.1, 0.15) is 5.76 Å². The maximum Gasteiger partial charge on any atom is 0.416 e. The van der Waals surface area contributed by atoms with E-state index in [0.29, 0.717) is 11.8 Å². The molecule has 3 aromatic rings. The molecule has 0 spiro atoms. The number of rotatable bonds is 8. The molecule has 172 valence electrons. The Morgan fingerprint density at radius 2 is 1.85 bits per heavy atom. The molecule has 3 rings (SSSR count). The van der Waals surface area contributed by atoms with Crippen LogP contribution in [0, 0.1) is 10.1 Å². The normalized spacial score (nSPS) is 11.1. The number of furan rings is 1. The van der Waals surface area contributed by atoms with Crippen molar-refractivity contribution in [2.24, 2.45) is 0 Å². The summed E-state index contributed by atoms with van der Waals surface area (Å²) in [7, 11) is 0. The molecular weight excluding hydrogens is 465 g/mol. The number of hydrogen-bond acceptors (Lipinski definition) is 7. The minimum atomic E-state index is -4.74. The van der Waals surface area contributed by atoms with Crippen LogP contribution in [0.1, 0.15) is 21.7 Å². The van der Waals surface area contributed by atoms with Crippen LogP contribution in [0.15, 0.2) is 75.1 Å². The van der Waals surface area contributed by atoms with Crippen molar-refractivity contribution in [1.29, 1.82) is 0 Å². The lowest BCUT2D eigenvalue weighted by Gasteiger charge is -2.11. The predicted molar refractivity (Wildman–Crippen MR) is 110 cm³/mol. The van der Waals surface area contributed by atoms with E-state index in [1.54, 1.807) is 18.2 Å². The number of esters is 1. The summed E-state index contributed by atoms with van der Waals surface area (Å²) < 4.78 is 48.8. The number of alkyl halides is 3. The number of nitro groups is 1. The number of benzene rings is 2. The number of hydrogen-bond donors (Lipinski definition) is 1. The molecule has 2 aromatic carbocycles. The summed E-state index contributed by atoms with van der Waals surface area (Å²) in [5.74, 6) is -0.946. The van der Waals surface area contributed by atoms with Crippen LogP contribution >= 0.6 is 11.8 Å². The third-order valence-corrected chi connectivity index (χ3v) is 5.33. The Morgan fingerprint density at radius 1 is 1.09 bits per heavy atom. The van der Waals surface area contributed by atoms with Crippen molar-refractivity contribution in [3.8, 4) is 0 Å². The smallest absolute Gasteiger partial charge is 0.416 e. The summed E-state index contributed by atoms with van der Waals surface area (Å²) in [5.41, 5.74) is -1.92. The zero-order valence-corrected chi connectivity index (χ0v) is 17.4. The lowest BCUT2D eigenvalue weighted by Crippen LogP contribution is -2.28. The molecule has 0 aliphatic heterocycles. The van der Waals surface area contributed by atoms with Crippen LogP contribution in [0.2, 0.25) is 0 Å². The van der Waals surface area contributed by atoms with Crippen molar-refractivity contribution in [2.45, 2.75) is 22.5 Å². The number of carbonyl (C=O) groups excluding carboxylic acids is 2. The summed E-state index contributed by atoms with van der Waals surface area (Å²) in [4.78, 5) is 34.9. The van der Waals surface area contributed by atoms with Gasteiger partial charge in [0.2, 0.25) is 0 Å². The number of ether oxygens (including phenoxy) is 1. The number of carbonyl (C=O) groups is 2. The van der Waals surface area contributed by atoms with Gasteiger partial charge in [-0.05, 0) is 36.4 Å². The third kappa shape index (κ3) is 6.35. The molecule has 0 atom stereocenters. The molecule has 1 amide bonds. The second kappa shape index (κ2) is 10.2. The fourth-order valence-electron chi connectivity index (χ4n) is 2.62. The van der Waals surface area contributed by atoms with E-state index in [2.05, 4.69) is 5.32 Å². The lowest BCUT2D eigenvalue weighted by molar-refractivity contribution is -0.388. The minimum absolute atomic E-state index is 0.00414. The molecule has 0 aliphatic carbocycles. The number of nitrogens with one attached hydrogen (secondary N) is 1. The van der Waals surface area contributed by atoms with Crippen LogP contribution in [0.3, 0.4) is 0 Å². The zero-order chi connectivity index (χ0) is 24.0. The Labute approximate surface area is 188 Å². The topological polar surface area (TPSA) is 112 Å². The monoisotopic (exact) mass is 480 g/mol. The first-order valence-electron chi connectivity index (χ1n) is 9.24. The van der Waals surface area contributed by atoms with E-state index in [-0.39, 0.29) is 21.9 Å². The van der Waals surface area contributed by atoms with Crippen LogP contribution < -0.4 is 5.32 Å². The summed E-state index contributed by atoms with van der Waals surface area (Å²) in [6.07, 6.45) is -3.30. The summed E-state index contributed by atoms with van der Waals surface area (Å²) >= 11 is 0.737. The Bertz CT molecular complexity index is 1170. The molecule has 1 aromatic heterocycles. The van der Waals surface area contributed by atoms with E-state index in [1.807, 2.05) is 0 Å². The third-order valence-electron chi connectivity index (χ3n) is 4.18. The Hall–Kier alpha value is -3.80. The van der Waals surface area contributed by atoms with Gasteiger partial charge in [-0.3, -0.25) is 14.9 Å². The fourth-order valence-corrected chi connectivity index (χ4v) is 3.64. The van der Waals surface area contributed by atoms with Crippen molar-refractivity contribution in [3.63, 3.8) is 0 Å². The average Bonchev–Trinajstić information content (AvgIpc) is 3.29. The largest absolute Gasteiger partial charge is 0.467 e. The van der Waals surface area contributed by atoms with Crippen molar-refractivity contribution in [1.82, 2.24) is 5.32 Å². The van der Waals surface area contributed by atoms with E-state index in [0.717, 1.165) is 23.9 Å². The SMILES string of the molecule is O=C(COC(=O)c1ccccc1Sc1ccc(C(F)(F)F)cc1[N+](=O)[O-])NCc1ccco1. The number of nitro benzene ring substituents is 1. The summed E-state index contributed by atoms with van der Waals surface area (Å²) in [6.45, 7) is -0.480. The van der Waals surface area contributed by atoms with Crippen molar-refractivity contribution >= 4 is 29.3 Å².